The Labute approximate surface area is 206 Å². The van der Waals surface area contributed by atoms with Crippen LogP contribution in [0, 0.1) is 6.92 Å². The molecule has 188 valence electrons. The van der Waals surface area contributed by atoms with Gasteiger partial charge in [0.2, 0.25) is 0 Å². The molecule has 0 bridgehead atoms. The van der Waals surface area contributed by atoms with E-state index in [4.69, 9.17) is 9.47 Å². The van der Waals surface area contributed by atoms with Crippen molar-refractivity contribution in [1.82, 2.24) is 4.90 Å². The summed E-state index contributed by atoms with van der Waals surface area (Å²) >= 11 is 0. The van der Waals surface area contributed by atoms with Gasteiger partial charge in [-0.25, -0.2) is 0 Å². The normalized spacial score (nSPS) is 10.4. The lowest BCUT2D eigenvalue weighted by molar-refractivity contribution is -0.144. The summed E-state index contributed by atoms with van der Waals surface area (Å²) in [6, 6.07) is 15.4. The predicted octanol–water partition coefficient (Wildman–Crippen LogP) is 5.90. The fourth-order valence-corrected chi connectivity index (χ4v) is 3.43. The van der Waals surface area contributed by atoms with Crippen LogP contribution < -0.4 is 0 Å². The van der Waals surface area contributed by atoms with Crippen LogP contribution in [0.3, 0.4) is 0 Å². The fraction of sp³-hybridized carbons (Fsp3) is 0.517. The van der Waals surface area contributed by atoms with Crippen molar-refractivity contribution >= 4 is 11.9 Å². The average Bonchev–Trinajstić information content (AvgIpc) is 2.80. The van der Waals surface area contributed by atoms with Crippen molar-refractivity contribution < 1.29 is 19.1 Å². The van der Waals surface area contributed by atoms with E-state index < -0.39 is 0 Å². The van der Waals surface area contributed by atoms with Gasteiger partial charge in [-0.05, 0) is 49.5 Å². The summed E-state index contributed by atoms with van der Waals surface area (Å²) in [5.41, 5.74) is 3.86. The van der Waals surface area contributed by atoms with Gasteiger partial charge in [-0.3, -0.25) is 14.5 Å². The number of carbonyl (C=O) groups is 2. The molecule has 0 unspecified atom stereocenters. The summed E-state index contributed by atoms with van der Waals surface area (Å²) < 4.78 is 10.8. The fourth-order valence-electron chi connectivity index (χ4n) is 3.43. The van der Waals surface area contributed by atoms with E-state index in [9.17, 15) is 9.59 Å². The third-order valence-electron chi connectivity index (χ3n) is 4.95. The van der Waals surface area contributed by atoms with Crippen LogP contribution >= 0.6 is 0 Å². The van der Waals surface area contributed by atoms with Crippen LogP contribution in [0.25, 0.3) is 0 Å². The molecule has 0 N–H and O–H groups in total. The molecule has 5 heteroatoms. The second-order valence-corrected chi connectivity index (χ2v) is 8.59. The molecule has 34 heavy (non-hydrogen) atoms. The Balaban J connectivity index is 0.00000182. The second-order valence-electron chi connectivity index (χ2n) is 8.59. The van der Waals surface area contributed by atoms with Gasteiger partial charge < -0.3 is 9.47 Å². The smallest absolute Gasteiger partial charge is 0.310 e. The van der Waals surface area contributed by atoms with E-state index in [0.717, 1.165) is 54.7 Å². The molecule has 0 aliphatic heterocycles. The Hall–Kier alpha value is -2.66. The van der Waals surface area contributed by atoms with Crippen LogP contribution in [0.15, 0.2) is 48.5 Å². The molecule has 0 spiro atoms. The maximum atomic E-state index is 12.1. The molecular weight excluding hydrogens is 426 g/mol. The Bertz CT molecular complexity index is 826. The Morgan fingerprint density at radius 3 is 1.76 bits per heavy atom. The maximum absolute atomic E-state index is 12.1. The van der Waals surface area contributed by atoms with Crippen LogP contribution in [0.1, 0.15) is 69.2 Å². The van der Waals surface area contributed by atoms with Crippen LogP contribution in [0.2, 0.25) is 0 Å². The number of hydrogen-bond donors (Lipinski definition) is 0. The van der Waals surface area contributed by atoms with Gasteiger partial charge in [0.05, 0.1) is 12.8 Å². The highest BCUT2D eigenvalue weighted by Gasteiger charge is 2.09. The van der Waals surface area contributed by atoms with E-state index in [-0.39, 0.29) is 31.4 Å². The number of hydrogen-bond acceptors (Lipinski definition) is 5. The minimum Gasteiger partial charge on any atom is -0.464 e. The number of rotatable bonds is 13. The van der Waals surface area contributed by atoms with Crippen molar-refractivity contribution in [2.45, 2.75) is 73.3 Å². The molecule has 0 heterocycles. The molecule has 2 rings (SSSR count). The van der Waals surface area contributed by atoms with Crippen LogP contribution in [0.4, 0.5) is 0 Å². The zero-order valence-corrected chi connectivity index (χ0v) is 21.8. The average molecular weight is 470 g/mol. The van der Waals surface area contributed by atoms with Crippen molar-refractivity contribution in [3.05, 3.63) is 70.8 Å². The molecular formula is C29H43NO4. The third kappa shape index (κ3) is 13.1. The van der Waals surface area contributed by atoms with Gasteiger partial charge in [-0.1, -0.05) is 88.2 Å². The highest BCUT2D eigenvalue weighted by Crippen LogP contribution is 2.10. The first kappa shape index (κ1) is 29.4. The van der Waals surface area contributed by atoms with Crippen molar-refractivity contribution in [2.75, 3.05) is 26.2 Å². The number of aryl methyl sites for hydroxylation is 1. The quantitative estimate of drug-likeness (QED) is 0.342. The largest absolute Gasteiger partial charge is 0.464 e. The predicted molar refractivity (Wildman–Crippen MR) is 139 cm³/mol. The maximum Gasteiger partial charge on any atom is 0.310 e. The highest BCUT2D eigenvalue weighted by molar-refractivity contribution is 5.74. The number of ether oxygens (including phenoxy) is 2. The van der Waals surface area contributed by atoms with Gasteiger partial charge in [-0.15, -0.1) is 0 Å². The van der Waals surface area contributed by atoms with Crippen LogP contribution in [0.5, 0.6) is 0 Å². The van der Waals surface area contributed by atoms with Crippen molar-refractivity contribution in [1.29, 1.82) is 0 Å². The van der Waals surface area contributed by atoms with Gasteiger partial charge in [0.25, 0.3) is 0 Å². The molecule has 0 aliphatic carbocycles. The number of nitrogens with zero attached hydrogens (tertiary/aromatic N) is 1. The minimum absolute atomic E-state index is 0.210. The van der Waals surface area contributed by atoms with Crippen molar-refractivity contribution in [3.63, 3.8) is 0 Å². The monoisotopic (exact) mass is 469 g/mol. The van der Waals surface area contributed by atoms with Gasteiger partial charge in [0.1, 0.15) is 13.2 Å². The lowest BCUT2D eigenvalue weighted by Crippen LogP contribution is -2.30. The van der Waals surface area contributed by atoms with Gasteiger partial charge in [0, 0.05) is 6.54 Å². The second kappa shape index (κ2) is 17.8. The van der Waals surface area contributed by atoms with Crippen molar-refractivity contribution in [2.24, 2.45) is 0 Å². The molecule has 0 aliphatic rings. The summed E-state index contributed by atoms with van der Waals surface area (Å²) in [7, 11) is 0. The standard InChI is InChI=1S/C26H35NO4.C3H8/c1-4-13-27(14-5-2)15-16-30-25(28)18-22-9-11-23(12-10-22)19-26(29)31-20-24-8-6-7-21(3)17-24;1-3-2/h6-12,17H,4-5,13-16,18-20H2,1-3H3;3H2,1-2H3. The van der Waals surface area contributed by atoms with E-state index in [1.54, 1.807) is 0 Å². The van der Waals surface area contributed by atoms with E-state index >= 15 is 0 Å². The number of carbonyl (C=O) groups excluding carboxylic acids is 2. The Kier molecular flexibility index (Phi) is 15.3. The first-order valence-corrected chi connectivity index (χ1v) is 12.6. The van der Waals surface area contributed by atoms with Crippen LogP contribution in [-0.2, 0) is 38.5 Å². The van der Waals surface area contributed by atoms with E-state index in [1.807, 2.05) is 55.5 Å². The number of esters is 2. The number of benzene rings is 2. The summed E-state index contributed by atoms with van der Waals surface area (Å²) in [6.45, 7) is 14.1. The molecule has 0 radical (unpaired) electrons. The molecule has 2 aromatic carbocycles. The molecule has 0 saturated carbocycles. The molecule has 2 aromatic rings. The summed E-state index contributed by atoms with van der Waals surface area (Å²) in [5.74, 6) is -0.490. The SMILES string of the molecule is CCC.CCCN(CCC)CCOC(=O)Cc1ccc(CC(=O)OCc2cccc(C)c2)cc1. The van der Waals surface area contributed by atoms with Gasteiger partial charge in [-0.2, -0.15) is 0 Å². The van der Waals surface area contributed by atoms with Crippen LogP contribution in [-0.4, -0.2) is 43.1 Å². The van der Waals surface area contributed by atoms with E-state index in [0.29, 0.717) is 6.61 Å². The molecule has 0 aromatic heterocycles. The molecule has 0 atom stereocenters. The van der Waals surface area contributed by atoms with Crippen molar-refractivity contribution in [3.8, 4) is 0 Å². The highest BCUT2D eigenvalue weighted by atomic mass is 16.5. The summed E-state index contributed by atoms with van der Waals surface area (Å²) in [5, 5.41) is 0. The lowest BCUT2D eigenvalue weighted by Gasteiger charge is -2.20. The zero-order valence-electron chi connectivity index (χ0n) is 21.8. The summed E-state index contributed by atoms with van der Waals surface area (Å²) in [6.07, 6.45) is 3.89. The lowest BCUT2D eigenvalue weighted by atomic mass is 10.1. The molecule has 0 saturated heterocycles. The zero-order chi connectivity index (χ0) is 25.2. The van der Waals surface area contributed by atoms with E-state index in [1.165, 1.54) is 6.42 Å². The molecule has 0 amide bonds. The Morgan fingerprint density at radius 1 is 0.735 bits per heavy atom. The Morgan fingerprint density at radius 2 is 1.26 bits per heavy atom. The first-order chi connectivity index (χ1) is 16.4. The summed E-state index contributed by atoms with van der Waals surface area (Å²) in [4.78, 5) is 26.5. The first-order valence-electron chi connectivity index (χ1n) is 12.6. The van der Waals surface area contributed by atoms with Gasteiger partial charge in [0.15, 0.2) is 0 Å². The third-order valence-corrected chi connectivity index (χ3v) is 4.95. The topological polar surface area (TPSA) is 55.8 Å². The molecule has 5 nitrogen and oxygen atoms in total. The molecule has 0 fully saturated rings. The minimum atomic E-state index is -0.266. The van der Waals surface area contributed by atoms with Gasteiger partial charge >= 0.3 is 11.9 Å². The van der Waals surface area contributed by atoms with E-state index in [2.05, 4.69) is 32.6 Å².